The molecule has 0 bridgehead atoms. The third-order valence-corrected chi connectivity index (χ3v) is 8.67. The molecule has 1 aromatic rings. The van der Waals surface area contributed by atoms with Crippen molar-refractivity contribution in [1.29, 1.82) is 0 Å². The van der Waals surface area contributed by atoms with E-state index in [1.165, 1.54) is 22.0 Å². The van der Waals surface area contributed by atoms with Crippen LogP contribution in [0.25, 0.3) is 0 Å². The van der Waals surface area contributed by atoms with E-state index >= 15 is 0 Å². The van der Waals surface area contributed by atoms with E-state index in [9.17, 15) is 38.4 Å². The Morgan fingerprint density at radius 2 is 1.44 bits per heavy atom. The summed E-state index contributed by atoms with van der Waals surface area (Å²) in [4.78, 5) is 102. The van der Waals surface area contributed by atoms with Crippen molar-refractivity contribution in [2.45, 2.75) is 78.4 Å². The van der Waals surface area contributed by atoms with Gasteiger partial charge in [0.1, 0.15) is 18.4 Å². The second-order valence-corrected chi connectivity index (χ2v) is 13.3. The first-order valence-electron chi connectivity index (χ1n) is 18.2. The Morgan fingerprint density at radius 1 is 0.833 bits per heavy atom. The Labute approximate surface area is 316 Å². The number of urea groups is 1. The standard InChI is InChI=1S/C37H55N7O10/c1-6-53-36(51)42(4)21-22-43(5)37(52)54-24-26-13-15-27(16-14-26)40-34(49)30(12-10-19-39-35(38)50)41-33(48)29(25(2)3)23-28(45)11-8-7-9-20-44-31(46)17-18-32(44)47/h13-18,25,29-30H,6-12,19-24H2,1-5H3,(H,40,49)(H,41,48)(H3,38,39,50)/t29-,30-/m1/s1. The molecular formula is C37H55N7O10. The third kappa shape index (κ3) is 16.0. The molecule has 0 aliphatic carbocycles. The molecule has 2 rings (SSSR count). The van der Waals surface area contributed by atoms with Gasteiger partial charge in [0.15, 0.2) is 0 Å². The van der Waals surface area contributed by atoms with Crippen molar-refractivity contribution in [3.63, 3.8) is 0 Å². The Kier molecular flexibility index (Phi) is 19.2. The molecule has 0 aromatic heterocycles. The monoisotopic (exact) mass is 757 g/mol. The Hall–Kier alpha value is -5.48. The van der Waals surface area contributed by atoms with Gasteiger partial charge in [0.2, 0.25) is 11.8 Å². The summed E-state index contributed by atoms with van der Waals surface area (Å²) < 4.78 is 10.3. The first-order valence-corrected chi connectivity index (χ1v) is 18.2. The molecule has 1 aliphatic rings. The number of benzene rings is 1. The van der Waals surface area contributed by atoms with Gasteiger partial charge >= 0.3 is 18.2 Å². The zero-order valence-electron chi connectivity index (χ0n) is 31.9. The number of imide groups is 1. The molecule has 0 unspecified atom stereocenters. The largest absolute Gasteiger partial charge is 0.450 e. The number of nitrogens with zero attached hydrogens (tertiary/aromatic N) is 3. The van der Waals surface area contributed by atoms with Gasteiger partial charge in [-0.25, -0.2) is 14.4 Å². The first kappa shape index (κ1) is 44.7. The number of nitrogens with one attached hydrogen (secondary N) is 3. The predicted octanol–water partition coefficient (Wildman–Crippen LogP) is 2.93. The van der Waals surface area contributed by atoms with Gasteiger partial charge in [-0.15, -0.1) is 0 Å². The Morgan fingerprint density at radius 3 is 2.02 bits per heavy atom. The van der Waals surface area contributed by atoms with E-state index in [4.69, 9.17) is 15.2 Å². The highest BCUT2D eigenvalue weighted by molar-refractivity contribution is 6.12. The Balaban J connectivity index is 1.93. The van der Waals surface area contributed by atoms with Crippen molar-refractivity contribution in [2.75, 3.05) is 52.2 Å². The molecular weight excluding hydrogens is 702 g/mol. The fourth-order valence-electron chi connectivity index (χ4n) is 5.35. The molecule has 17 heteroatoms. The van der Waals surface area contributed by atoms with Gasteiger partial charge in [-0.1, -0.05) is 32.4 Å². The highest BCUT2D eigenvalue weighted by Gasteiger charge is 2.29. The lowest BCUT2D eigenvalue weighted by Crippen LogP contribution is -2.47. The second-order valence-electron chi connectivity index (χ2n) is 13.3. The van der Waals surface area contributed by atoms with Gasteiger partial charge in [-0.2, -0.15) is 0 Å². The predicted molar refractivity (Wildman–Crippen MR) is 199 cm³/mol. The number of primary amides is 1. The summed E-state index contributed by atoms with van der Waals surface area (Å²) in [6, 6.07) is 4.89. The number of likely N-dealkylation sites (N-methyl/N-ethyl adjacent to an activating group) is 2. The molecule has 0 spiro atoms. The third-order valence-electron chi connectivity index (χ3n) is 8.67. The number of ether oxygens (including phenoxy) is 2. The van der Waals surface area contributed by atoms with Gasteiger partial charge in [0.05, 0.1) is 6.61 Å². The second kappa shape index (κ2) is 23.2. The number of nitrogens with two attached hydrogens (primary N) is 1. The lowest BCUT2D eigenvalue weighted by atomic mass is 9.88. The number of carbonyl (C=O) groups excluding carboxylic acids is 8. The van der Waals surface area contributed by atoms with Crippen molar-refractivity contribution in [1.82, 2.24) is 25.3 Å². The maximum atomic E-state index is 13.5. The number of rotatable bonds is 23. The average Bonchev–Trinajstić information content (AvgIpc) is 3.45. The number of ketones is 1. The summed E-state index contributed by atoms with van der Waals surface area (Å²) in [7, 11) is 3.12. The van der Waals surface area contributed by atoms with Gasteiger partial charge in [-0.05, 0) is 56.2 Å². The number of unbranched alkanes of at least 4 members (excludes halogenated alkanes) is 2. The van der Waals surface area contributed by atoms with Crippen molar-refractivity contribution < 1.29 is 47.8 Å². The molecule has 2 atom stereocenters. The quantitative estimate of drug-likeness (QED) is 0.0943. The van der Waals surface area contributed by atoms with Crippen molar-refractivity contribution in [3.05, 3.63) is 42.0 Å². The van der Waals surface area contributed by atoms with Crippen molar-refractivity contribution >= 4 is 53.3 Å². The van der Waals surface area contributed by atoms with Crippen LogP contribution < -0.4 is 21.7 Å². The van der Waals surface area contributed by atoms with Crippen molar-refractivity contribution in [2.24, 2.45) is 17.6 Å². The van der Waals surface area contributed by atoms with E-state index < -0.39 is 42.0 Å². The highest BCUT2D eigenvalue weighted by Crippen LogP contribution is 2.20. The van der Waals surface area contributed by atoms with E-state index in [2.05, 4.69) is 16.0 Å². The van der Waals surface area contributed by atoms with Crippen LogP contribution in [0, 0.1) is 11.8 Å². The minimum atomic E-state index is -0.993. The number of hydrogen-bond donors (Lipinski definition) is 4. The summed E-state index contributed by atoms with van der Waals surface area (Å²) in [5.74, 6) is -2.64. The van der Waals surface area contributed by atoms with Crippen LogP contribution in [0.5, 0.6) is 0 Å². The molecule has 1 aliphatic heterocycles. The zero-order chi connectivity index (χ0) is 40.2. The number of anilines is 1. The van der Waals surface area contributed by atoms with Gasteiger partial charge < -0.3 is 41.0 Å². The number of carbonyl (C=O) groups is 8. The van der Waals surface area contributed by atoms with Crippen LogP contribution in [0.15, 0.2) is 36.4 Å². The van der Waals surface area contributed by atoms with Crippen LogP contribution in [0.4, 0.5) is 20.1 Å². The molecule has 0 fully saturated rings. The molecule has 0 saturated carbocycles. The maximum Gasteiger partial charge on any atom is 0.409 e. The smallest absolute Gasteiger partial charge is 0.409 e. The SMILES string of the molecule is CCOC(=O)N(C)CCN(C)C(=O)OCc1ccc(NC(=O)[C@@H](CCCNC(N)=O)NC(=O)[C@H](CC(=O)CCCCCN2C(=O)C=CC2=O)C(C)C)cc1. The van der Waals surface area contributed by atoms with Crippen LogP contribution in [0.1, 0.15) is 71.3 Å². The lowest BCUT2D eigenvalue weighted by Gasteiger charge is -2.24. The number of amides is 8. The van der Waals surface area contributed by atoms with Crippen LogP contribution in [-0.4, -0.2) is 115 Å². The minimum absolute atomic E-state index is 0.0133. The summed E-state index contributed by atoms with van der Waals surface area (Å²) in [6.45, 7) is 6.52. The molecule has 298 valence electrons. The average molecular weight is 758 g/mol. The summed E-state index contributed by atoms with van der Waals surface area (Å²) in [6.07, 6.45) is 3.85. The van der Waals surface area contributed by atoms with Gasteiger partial charge in [-0.3, -0.25) is 28.9 Å². The fraction of sp³-hybridized carbons (Fsp3) is 0.568. The summed E-state index contributed by atoms with van der Waals surface area (Å²) in [5, 5.41) is 8.05. The van der Waals surface area contributed by atoms with Crippen LogP contribution in [0.3, 0.4) is 0 Å². The molecule has 17 nitrogen and oxygen atoms in total. The van der Waals surface area contributed by atoms with E-state index in [-0.39, 0.29) is 82.2 Å². The Bertz CT molecular complexity index is 1480. The molecule has 5 N–H and O–H groups in total. The highest BCUT2D eigenvalue weighted by atomic mass is 16.6. The molecule has 54 heavy (non-hydrogen) atoms. The fourth-order valence-corrected chi connectivity index (χ4v) is 5.35. The zero-order valence-corrected chi connectivity index (χ0v) is 31.9. The molecule has 8 amide bonds. The first-order chi connectivity index (χ1) is 25.6. The minimum Gasteiger partial charge on any atom is -0.450 e. The van der Waals surface area contributed by atoms with E-state index in [0.717, 1.165) is 4.90 Å². The van der Waals surface area contributed by atoms with E-state index in [1.807, 2.05) is 13.8 Å². The maximum absolute atomic E-state index is 13.5. The molecule has 1 aromatic carbocycles. The van der Waals surface area contributed by atoms with Crippen LogP contribution in [-0.2, 0) is 40.1 Å². The normalized spacial score (nSPS) is 13.3. The van der Waals surface area contributed by atoms with Crippen molar-refractivity contribution in [3.8, 4) is 0 Å². The van der Waals surface area contributed by atoms with E-state index in [0.29, 0.717) is 36.9 Å². The summed E-state index contributed by atoms with van der Waals surface area (Å²) in [5.41, 5.74) is 6.24. The molecule has 0 saturated heterocycles. The molecule has 0 radical (unpaired) electrons. The van der Waals surface area contributed by atoms with Crippen LogP contribution in [0.2, 0.25) is 0 Å². The number of hydrogen-bond acceptors (Lipinski definition) is 10. The van der Waals surface area contributed by atoms with E-state index in [1.54, 1.807) is 45.3 Å². The van der Waals surface area contributed by atoms with Gasteiger partial charge in [0.25, 0.3) is 11.8 Å². The summed E-state index contributed by atoms with van der Waals surface area (Å²) >= 11 is 0. The molecule has 1 heterocycles. The van der Waals surface area contributed by atoms with Crippen LogP contribution >= 0.6 is 0 Å². The number of Topliss-reactive ketones (excluding diaryl/α,β-unsaturated/α-hetero) is 1. The topological polar surface area (TPSA) is 227 Å². The lowest BCUT2D eigenvalue weighted by molar-refractivity contribution is -0.137. The van der Waals surface area contributed by atoms with Gasteiger partial charge in [0, 0.05) is 76.9 Å².